The first-order chi connectivity index (χ1) is 9.08. The van der Waals surface area contributed by atoms with Gasteiger partial charge in [-0.05, 0) is 30.2 Å². The van der Waals surface area contributed by atoms with Crippen LogP contribution in [0.4, 0.5) is 5.69 Å². The van der Waals surface area contributed by atoms with E-state index < -0.39 is 9.84 Å². The fraction of sp³-hybridized carbons (Fsp3) is 0.214. The third-order valence-electron chi connectivity index (χ3n) is 3.38. The Bertz CT molecular complexity index is 726. The predicted molar refractivity (Wildman–Crippen MR) is 73.8 cm³/mol. The number of anilines is 1. The number of hydrogen-bond acceptors (Lipinski definition) is 4. The van der Waals surface area contributed by atoms with Gasteiger partial charge in [0, 0.05) is 6.20 Å². The summed E-state index contributed by atoms with van der Waals surface area (Å²) in [6.07, 6.45) is 3.45. The third kappa shape index (κ3) is 2.10. The van der Waals surface area contributed by atoms with Gasteiger partial charge in [0.1, 0.15) is 0 Å². The van der Waals surface area contributed by atoms with E-state index >= 15 is 0 Å². The monoisotopic (exact) mass is 274 g/mol. The molecular weight excluding hydrogens is 260 g/mol. The molecule has 0 fully saturated rings. The molecule has 3 rings (SSSR count). The quantitative estimate of drug-likeness (QED) is 0.913. The van der Waals surface area contributed by atoms with Gasteiger partial charge in [-0.15, -0.1) is 0 Å². The van der Waals surface area contributed by atoms with Gasteiger partial charge in [-0.1, -0.05) is 18.2 Å². The lowest BCUT2D eigenvalue weighted by Crippen LogP contribution is -2.13. The van der Waals surface area contributed by atoms with E-state index in [4.69, 9.17) is 0 Å². The summed E-state index contributed by atoms with van der Waals surface area (Å²) in [5.74, 6) is 0.0979. The molecule has 4 nitrogen and oxygen atoms in total. The van der Waals surface area contributed by atoms with Crippen molar-refractivity contribution in [3.63, 3.8) is 0 Å². The van der Waals surface area contributed by atoms with Gasteiger partial charge >= 0.3 is 0 Å². The van der Waals surface area contributed by atoms with E-state index in [9.17, 15) is 8.42 Å². The fourth-order valence-electron chi connectivity index (χ4n) is 2.37. The van der Waals surface area contributed by atoms with Gasteiger partial charge in [-0.25, -0.2) is 8.42 Å². The molecule has 2 heterocycles. The van der Waals surface area contributed by atoms with Crippen LogP contribution < -0.4 is 5.32 Å². The van der Waals surface area contributed by atoms with E-state index in [0.29, 0.717) is 4.90 Å². The molecule has 1 atom stereocenters. The molecule has 0 spiro atoms. The number of pyridine rings is 1. The zero-order chi connectivity index (χ0) is 13.5. The van der Waals surface area contributed by atoms with E-state index in [2.05, 4.69) is 10.3 Å². The zero-order valence-electron chi connectivity index (χ0n) is 10.5. The van der Waals surface area contributed by atoms with Gasteiger partial charge in [0.25, 0.3) is 0 Å². The highest BCUT2D eigenvalue weighted by molar-refractivity contribution is 7.91. The second-order valence-corrected chi connectivity index (χ2v) is 6.71. The third-order valence-corrected chi connectivity index (χ3v) is 5.20. The molecule has 1 N–H and O–H groups in total. The van der Waals surface area contributed by atoms with Crippen LogP contribution in [0.1, 0.15) is 17.2 Å². The van der Waals surface area contributed by atoms with Crippen molar-refractivity contribution in [2.45, 2.75) is 17.9 Å². The van der Waals surface area contributed by atoms with Gasteiger partial charge in [-0.2, -0.15) is 0 Å². The highest BCUT2D eigenvalue weighted by atomic mass is 32.2. The molecule has 0 saturated carbocycles. The Morgan fingerprint density at radius 2 is 2.05 bits per heavy atom. The Balaban J connectivity index is 1.99. The smallest absolute Gasteiger partial charge is 0.181 e. The van der Waals surface area contributed by atoms with Crippen LogP contribution >= 0.6 is 0 Å². The first-order valence-electron chi connectivity index (χ1n) is 6.07. The number of sulfone groups is 1. The molecule has 0 unspecified atom stereocenters. The molecule has 98 valence electrons. The lowest BCUT2D eigenvalue weighted by molar-refractivity contribution is 0.598. The van der Waals surface area contributed by atoms with Gasteiger partial charge in [-0.3, -0.25) is 4.98 Å². The van der Waals surface area contributed by atoms with E-state index in [-0.39, 0.29) is 11.8 Å². The molecule has 0 aliphatic carbocycles. The SMILES string of the molecule is Cc1ccncc1N[C@@H]1CS(=O)(=O)c2ccccc21. The number of rotatable bonds is 2. The highest BCUT2D eigenvalue weighted by Crippen LogP contribution is 2.35. The lowest BCUT2D eigenvalue weighted by Gasteiger charge is -2.15. The first kappa shape index (κ1) is 12.2. The van der Waals surface area contributed by atoms with Crippen LogP contribution in [0.2, 0.25) is 0 Å². The van der Waals surface area contributed by atoms with Crippen LogP contribution in [-0.2, 0) is 9.84 Å². The number of benzene rings is 1. The lowest BCUT2D eigenvalue weighted by atomic mass is 10.1. The van der Waals surface area contributed by atoms with E-state index in [1.807, 2.05) is 25.1 Å². The molecule has 0 amide bonds. The number of nitrogens with one attached hydrogen (secondary N) is 1. The molecule has 1 aliphatic rings. The minimum absolute atomic E-state index is 0.0979. The molecule has 1 aliphatic heterocycles. The van der Waals surface area contributed by atoms with Crippen molar-refractivity contribution in [2.24, 2.45) is 0 Å². The summed E-state index contributed by atoms with van der Waals surface area (Å²) in [6, 6.07) is 8.85. The standard InChI is InChI=1S/C14H14N2O2S/c1-10-6-7-15-8-12(10)16-13-9-19(17,18)14-5-3-2-4-11(13)14/h2-8,13,16H,9H2,1H3/t13-/m1/s1. The normalized spacial score (nSPS) is 19.9. The van der Waals surface area contributed by atoms with Gasteiger partial charge < -0.3 is 5.32 Å². The molecule has 0 saturated heterocycles. The zero-order valence-corrected chi connectivity index (χ0v) is 11.3. The Morgan fingerprint density at radius 3 is 2.84 bits per heavy atom. The topological polar surface area (TPSA) is 59.1 Å². The molecule has 0 bridgehead atoms. The second kappa shape index (κ2) is 4.35. The van der Waals surface area contributed by atoms with Gasteiger partial charge in [0.2, 0.25) is 0 Å². The summed E-state index contributed by atoms with van der Waals surface area (Å²) in [6.45, 7) is 1.97. The molecule has 19 heavy (non-hydrogen) atoms. The van der Waals surface area contributed by atoms with E-state index in [1.165, 1.54) is 0 Å². The van der Waals surface area contributed by atoms with Crippen molar-refractivity contribution in [1.29, 1.82) is 0 Å². The number of fused-ring (bicyclic) bond motifs is 1. The van der Waals surface area contributed by atoms with Crippen molar-refractivity contribution in [3.8, 4) is 0 Å². The van der Waals surface area contributed by atoms with Gasteiger partial charge in [0.05, 0.1) is 28.6 Å². The molecular formula is C14H14N2O2S. The Hall–Kier alpha value is -1.88. The average molecular weight is 274 g/mol. The highest BCUT2D eigenvalue weighted by Gasteiger charge is 2.34. The maximum atomic E-state index is 12.1. The van der Waals surface area contributed by atoms with Crippen molar-refractivity contribution < 1.29 is 8.42 Å². The number of hydrogen-bond donors (Lipinski definition) is 1. The Labute approximate surface area is 112 Å². The Kier molecular flexibility index (Phi) is 2.78. The number of nitrogens with zero attached hydrogens (tertiary/aromatic N) is 1. The largest absolute Gasteiger partial charge is 0.376 e. The van der Waals surface area contributed by atoms with Crippen LogP contribution in [0.25, 0.3) is 0 Å². The van der Waals surface area contributed by atoms with Crippen molar-refractivity contribution in [1.82, 2.24) is 4.98 Å². The Morgan fingerprint density at radius 1 is 1.26 bits per heavy atom. The summed E-state index contributed by atoms with van der Waals surface area (Å²) < 4.78 is 24.2. The number of aromatic nitrogens is 1. The van der Waals surface area contributed by atoms with Crippen LogP contribution in [0.15, 0.2) is 47.6 Å². The fourth-order valence-corrected chi connectivity index (χ4v) is 4.11. The van der Waals surface area contributed by atoms with E-state index in [1.54, 1.807) is 24.5 Å². The summed E-state index contributed by atoms with van der Waals surface area (Å²) in [5, 5.41) is 3.28. The van der Waals surface area contributed by atoms with Crippen LogP contribution in [0, 0.1) is 6.92 Å². The molecule has 5 heteroatoms. The van der Waals surface area contributed by atoms with Crippen molar-refractivity contribution in [2.75, 3.05) is 11.1 Å². The second-order valence-electron chi connectivity index (χ2n) is 4.71. The summed E-state index contributed by atoms with van der Waals surface area (Å²) in [4.78, 5) is 4.51. The maximum Gasteiger partial charge on any atom is 0.181 e. The van der Waals surface area contributed by atoms with Crippen LogP contribution in [0.3, 0.4) is 0 Å². The first-order valence-corrected chi connectivity index (χ1v) is 7.72. The summed E-state index contributed by atoms with van der Waals surface area (Å²) in [7, 11) is -3.17. The van der Waals surface area contributed by atoms with Crippen molar-refractivity contribution in [3.05, 3.63) is 53.9 Å². The molecule has 1 aromatic carbocycles. The predicted octanol–water partition coefficient (Wildman–Crippen LogP) is 2.33. The molecule has 2 aromatic rings. The molecule has 0 radical (unpaired) electrons. The van der Waals surface area contributed by atoms with E-state index in [0.717, 1.165) is 16.8 Å². The maximum absolute atomic E-state index is 12.1. The minimum atomic E-state index is -3.17. The molecule has 1 aromatic heterocycles. The number of aryl methyl sites for hydroxylation is 1. The van der Waals surface area contributed by atoms with Crippen molar-refractivity contribution >= 4 is 15.5 Å². The van der Waals surface area contributed by atoms with Crippen LogP contribution in [-0.4, -0.2) is 19.2 Å². The minimum Gasteiger partial charge on any atom is -0.376 e. The summed E-state index contributed by atoms with van der Waals surface area (Å²) >= 11 is 0. The summed E-state index contributed by atoms with van der Waals surface area (Å²) in [5.41, 5.74) is 2.77. The van der Waals surface area contributed by atoms with Crippen LogP contribution in [0.5, 0.6) is 0 Å². The van der Waals surface area contributed by atoms with Gasteiger partial charge in [0.15, 0.2) is 9.84 Å². The average Bonchev–Trinajstić information content (AvgIpc) is 2.65.